The van der Waals surface area contributed by atoms with Gasteiger partial charge in [0, 0.05) is 13.1 Å². The SMILES string of the molecule is CCNC(=O)[C@H](C)N(Cc1cccc(C)c1)C(=O)COc1ccc(C(C)(C)C)cc1Br. The number of carbonyl (C=O) groups excluding carboxylic acids is 2. The highest BCUT2D eigenvalue weighted by atomic mass is 79.9. The molecule has 1 atom stereocenters. The molecule has 0 aromatic heterocycles. The molecule has 0 radical (unpaired) electrons. The molecule has 2 aromatic carbocycles. The van der Waals surface area contributed by atoms with Gasteiger partial charge in [0.05, 0.1) is 4.47 Å². The number of halogens is 1. The molecule has 0 aliphatic rings. The van der Waals surface area contributed by atoms with E-state index in [4.69, 9.17) is 4.74 Å². The van der Waals surface area contributed by atoms with Crippen molar-refractivity contribution in [3.8, 4) is 5.75 Å². The van der Waals surface area contributed by atoms with Gasteiger partial charge < -0.3 is 15.0 Å². The summed E-state index contributed by atoms with van der Waals surface area (Å²) >= 11 is 3.55. The number of likely N-dealkylation sites (N-methyl/N-ethyl adjacent to an activating group) is 1. The number of nitrogens with zero attached hydrogens (tertiary/aromatic N) is 1. The Kier molecular flexibility index (Phi) is 8.69. The minimum absolute atomic E-state index is 0.0174. The molecule has 0 fully saturated rings. The van der Waals surface area contributed by atoms with Crippen molar-refractivity contribution in [3.63, 3.8) is 0 Å². The lowest BCUT2D eigenvalue weighted by molar-refractivity contribution is -0.142. The van der Waals surface area contributed by atoms with E-state index in [-0.39, 0.29) is 23.8 Å². The Morgan fingerprint density at radius 2 is 1.87 bits per heavy atom. The van der Waals surface area contributed by atoms with Crippen LogP contribution in [0, 0.1) is 6.92 Å². The number of benzene rings is 2. The Hall–Kier alpha value is -2.34. The van der Waals surface area contributed by atoms with Crippen LogP contribution < -0.4 is 10.1 Å². The average Bonchev–Trinajstić information content (AvgIpc) is 2.70. The highest BCUT2D eigenvalue weighted by Gasteiger charge is 2.26. The number of hydrogen-bond acceptors (Lipinski definition) is 3. The summed E-state index contributed by atoms with van der Waals surface area (Å²) in [7, 11) is 0. The monoisotopic (exact) mass is 488 g/mol. The van der Waals surface area contributed by atoms with Gasteiger partial charge in [-0.2, -0.15) is 0 Å². The van der Waals surface area contributed by atoms with Crippen LogP contribution in [0.4, 0.5) is 0 Å². The van der Waals surface area contributed by atoms with Gasteiger partial charge in [0.1, 0.15) is 11.8 Å². The van der Waals surface area contributed by atoms with Crippen LogP contribution in [0.5, 0.6) is 5.75 Å². The van der Waals surface area contributed by atoms with Crippen LogP contribution in [0.3, 0.4) is 0 Å². The van der Waals surface area contributed by atoms with Gasteiger partial charge >= 0.3 is 0 Å². The lowest BCUT2D eigenvalue weighted by atomic mass is 9.87. The molecule has 5 nitrogen and oxygen atoms in total. The van der Waals surface area contributed by atoms with Gasteiger partial charge in [-0.1, -0.05) is 56.7 Å². The first-order valence-electron chi connectivity index (χ1n) is 10.6. The maximum atomic E-state index is 13.1. The van der Waals surface area contributed by atoms with E-state index in [1.807, 2.05) is 56.3 Å². The summed E-state index contributed by atoms with van der Waals surface area (Å²) in [5, 5.41) is 2.80. The third kappa shape index (κ3) is 7.10. The number of amides is 2. The number of hydrogen-bond donors (Lipinski definition) is 1. The summed E-state index contributed by atoms with van der Waals surface area (Å²) in [6, 6.07) is 13.2. The van der Waals surface area contributed by atoms with Crippen molar-refractivity contribution in [2.45, 2.75) is 59.5 Å². The first-order valence-corrected chi connectivity index (χ1v) is 11.4. The van der Waals surface area contributed by atoms with E-state index >= 15 is 0 Å². The van der Waals surface area contributed by atoms with Crippen LogP contribution in [-0.2, 0) is 21.5 Å². The van der Waals surface area contributed by atoms with Crippen LogP contribution in [-0.4, -0.2) is 35.9 Å². The van der Waals surface area contributed by atoms with Crippen molar-refractivity contribution in [1.82, 2.24) is 10.2 Å². The third-order valence-corrected chi connectivity index (χ3v) is 5.72. The van der Waals surface area contributed by atoms with E-state index in [1.54, 1.807) is 11.8 Å². The van der Waals surface area contributed by atoms with Crippen molar-refractivity contribution < 1.29 is 14.3 Å². The van der Waals surface area contributed by atoms with Crippen LogP contribution in [0.1, 0.15) is 51.3 Å². The van der Waals surface area contributed by atoms with Crippen LogP contribution in [0.15, 0.2) is 46.9 Å². The normalized spacial score (nSPS) is 12.2. The lowest BCUT2D eigenvalue weighted by Crippen LogP contribution is -2.49. The minimum Gasteiger partial charge on any atom is -0.483 e. The lowest BCUT2D eigenvalue weighted by Gasteiger charge is -2.29. The molecule has 2 rings (SSSR count). The van der Waals surface area contributed by atoms with E-state index in [9.17, 15) is 9.59 Å². The molecule has 0 bridgehead atoms. The van der Waals surface area contributed by atoms with Crippen molar-refractivity contribution >= 4 is 27.7 Å². The van der Waals surface area contributed by atoms with Crippen molar-refractivity contribution in [1.29, 1.82) is 0 Å². The number of ether oxygens (including phenoxy) is 1. The van der Waals surface area contributed by atoms with E-state index in [1.165, 1.54) is 5.56 Å². The Labute approximate surface area is 194 Å². The molecule has 0 aliphatic heterocycles. The quantitative estimate of drug-likeness (QED) is 0.569. The minimum atomic E-state index is -0.608. The maximum absolute atomic E-state index is 13.1. The van der Waals surface area contributed by atoms with Gasteiger partial charge in [-0.15, -0.1) is 0 Å². The second-order valence-electron chi connectivity index (χ2n) is 8.77. The van der Waals surface area contributed by atoms with Gasteiger partial charge in [-0.3, -0.25) is 9.59 Å². The standard InChI is InChI=1S/C25H33BrN2O3/c1-7-27-24(30)18(3)28(15-19-10-8-9-17(2)13-19)23(29)16-31-22-12-11-20(14-21(22)26)25(4,5)6/h8-14,18H,7,15-16H2,1-6H3,(H,27,30)/t18-/m0/s1. The summed E-state index contributed by atoms with van der Waals surface area (Å²) in [4.78, 5) is 27.1. The van der Waals surface area contributed by atoms with Gasteiger partial charge in [0.2, 0.25) is 5.91 Å². The van der Waals surface area contributed by atoms with Gasteiger partial charge in [-0.25, -0.2) is 0 Å². The molecule has 168 valence electrons. The number of aryl methyl sites for hydroxylation is 1. The third-order valence-electron chi connectivity index (χ3n) is 5.10. The topological polar surface area (TPSA) is 58.6 Å². The van der Waals surface area contributed by atoms with E-state index in [0.717, 1.165) is 15.6 Å². The second kappa shape index (κ2) is 10.8. The van der Waals surface area contributed by atoms with Gasteiger partial charge in [0.25, 0.3) is 5.91 Å². The molecule has 1 N–H and O–H groups in total. The highest BCUT2D eigenvalue weighted by molar-refractivity contribution is 9.10. The number of nitrogens with one attached hydrogen (secondary N) is 1. The molecular formula is C25H33BrN2O3. The fourth-order valence-corrected chi connectivity index (χ4v) is 3.71. The van der Waals surface area contributed by atoms with E-state index < -0.39 is 6.04 Å². The summed E-state index contributed by atoms with van der Waals surface area (Å²) in [5.41, 5.74) is 3.27. The van der Waals surface area contributed by atoms with E-state index in [0.29, 0.717) is 18.8 Å². The Balaban J connectivity index is 2.17. The smallest absolute Gasteiger partial charge is 0.261 e. The number of rotatable bonds is 8. The largest absolute Gasteiger partial charge is 0.483 e. The summed E-state index contributed by atoms with van der Waals surface area (Å²) in [5.74, 6) is 0.175. The molecule has 2 amide bonds. The number of carbonyl (C=O) groups is 2. The van der Waals surface area contributed by atoms with Crippen molar-refractivity contribution in [2.24, 2.45) is 0 Å². The summed E-state index contributed by atoms with van der Waals surface area (Å²) in [6.07, 6.45) is 0. The zero-order valence-electron chi connectivity index (χ0n) is 19.3. The van der Waals surface area contributed by atoms with Gasteiger partial charge in [-0.05, 0) is 65.4 Å². The molecule has 0 saturated heterocycles. The first-order chi connectivity index (χ1) is 14.5. The zero-order valence-corrected chi connectivity index (χ0v) is 20.9. The molecule has 0 unspecified atom stereocenters. The summed E-state index contributed by atoms with van der Waals surface area (Å²) in [6.45, 7) is 12.7. The van der Waals surface area contributed by atoms with Crippen molar-refractivity contribution in [3.05, 3.63) is 63.6 Å². The molecular weight excluding hydrogens is 456 g/mol. The Morgan fingerprint density at radius 1 is 1.16 bits per heavy atom. The summed E-state index contributed by atoms with van der Waals surface area (Å²) < 4.78 is 6.63. The fourth-order valence-electron chi connectivity index (χ4n) is 3.22. The molecule has 0 spiro atoms. The predicted octanol–water partition coefficient (Wildman–Crippen LogP) is 4.99. The zero-order chi connectivity index (χ0) is 23.2. The fraction of sp³-hybridized carbons (Fsp3) is 0.440. The highest BCUT2D eigenvalue weighted by Crippen LogP contribution is 2.31. The predicted molar refractivity (Wildman–Crippen MR) is 128 cm³/mol. The van der Waals surface area contributed by atoms with Crippen molar-refractivity contribution in [2.75, 3.05) is 13.2 Å². The second-order valence-corrected chi connectivity index (χ2v) is 9.62. The van der Waals surface area contributed by atoms with Crippen LogP contribution in [0.2, 0.25) is 0 Å². The van der Waals surface area contributed by atoms with Gasteiger partial charge in [0.15, 0.2) is 6.61 Å². The molecule has 6 heteroatoms. The molecule has 0 heterocycles. The van der Waals surface area contributed by atoms with Crippen LogP contribution in [0.25, 0.3) is 0 Å². The van der Waals surface area contributed by atoms with Crippen LogP contribution >= 0.6 is 15.9 Å². The average molecular weight is 489 g/mol. The molecule has 31 heavy (non-hydrogen) atoms. The Morgan fingerprint density at radius 3 is 2.45 bits per heavy atom. The Bertz CT molecular complexity index is 921. The molecule has 0 aliphatic carbocycles. The van der Waals surface area contributed by atoms with E-state index in [2.05, 4.69) is 42.0 Å². The first kappa shape index (κ1) is 24.9. The maximum Gasteiger partial charge on any atom is 0.261 e. The molecule has 2 aromatic rings. The molecule has 0 saturated carbocycles.